The minimum atomic E-state index is -0.207. The van der Waals surface area contributed by atoms with Gasteiger partial charge in [0, 0.05) is 10.5 Å². The molecule has 25 heavy (non-hydrogen) atoms. The van der Waals surface area contributed by atoms with Crippen molar-refractivity contribution < 1.29 is 13.9 Å². The average molecular weight is 355 g/mol. The van der Waals surface area contributed by atoms with E-state index in [2.05, 4.69) is 15.5 Å². The summed E-state index contributed by atoms with van der Waals surface area (Å²) in [6.45, 7) is 0. The number of carbonyl (C=O) groups excluding carboxylic acids is 1. The van der Waals surface area contributed by atoms with E-state index >= 15 is 0 Å². The molecule has 0 aliphatic carbocycles. The quantitative estimate of drug-likeness (QED) is 0.680. The summed E-state index contributed by atoms with van der Waals surface area (Å²) in [6, 6.07) is 15.1. The minimum Gasteiger partial charge on any atom is -0.497 e. The number of hydrogen-bond acceptors (Lipinski definition) is 6. The Morgan fingerprint density at radius 1 is 1.12 bits per heavy atom. The monoisotopic (exact) mass is 355 g/mol. The zero-order valence-electron chi connectivity index (χ0n) is 13.9. The normalized spacial score (nSPS) is 10.5. The van der Waals surface area contributed by atoms with Crippen LogP contribution in [0.3, 0.4) is 0 Å². The van der Waals surface area contributed by atoms with Gasteiger partial charge in [-0.1, -0.05) is 17.2 Å². The summed E-state index contributed by atoms with van der Waals surface area (Å²) in [5, 5.41) is 10.4. The Labute approximate surface area is 149 Å². The minimum absolute atomic E-state index is 0.0801. The molecule has 3 rings (SSSR count). The molecule has 128 valence electrons. The lowest BCUT2D eigenvalue weighted by Crippen LogP contribution is -2.14. The summed E-state index contributed by atoms with van der Waals surface area (Å²) in [6.07, 6.45) is 2.26. The van der Waals surface area contributed by atoms with Crippen molar-refractivity contribution in [1.29, 1.82) is 0 Å². The van der Waals surface area contributed by atoms with Crippen molar-refractivity contribution in [3.63, 3.8) is 0 Å². The molecule has 2 aromatic carbocycles. The van der Waals surface area contributed by atoms with Gasteiger partial charge >= 0.3 is 6.01 Å². The van der Waals surface area contributed by atoms with Crippen LogP contribution in [-0.4, -0.2) is 29.5 Å². The van der Waals surface area contributed by atoms with Crippen LogP contribution in [0.4, 0.5) is 6.01 Å². The Balaban J connectivity index is 1.62. The van der Waals surface area contributed by atoms with Gasteiger partial charge in [-0.3, -0.25) is 10.1 Å². The van der Waals surface area contributed by atoms with Crippen molar-refractivity contribution in [2.24, 2.45) is 0 Å². The highest BCUT2D eigenvalue weighted by Crippen LogP contribution is 2.22. The van der Waals surface area contributed by atoms with Gasteiger partial charge in [-0.25, -0.2) is 0 Å². The molecule has 0 bridgehead atoms. The summed E-state index contributed by atoms with van der Waals surface area (Å²) in [7, 11) is 1.60. The van der Waals surface area contributed by atoms with Crippen molar-refractivity contribution in [1.82, 2.24) is 10.2 Å². The Hall–Kier alpha value is -2.80. The second-order valence-corrected chi connectivity index (χ2v) is 6.09. The van der Waals surface area contributed by atoms with Gasteiger partial charge in [-0.15, -0.1) is 16.9 Å². The van der Waals surface area contributed by atoms with Gasteiger partial charge in [-0.05, 0) is 48.2 Å². The first-order valence-electron chi connectivity index (χ1n) is 7.58. The van der Waals surface area contributed by atoms with Gasteiger partial charge in [0.05, 0.1) is 13.5 Å². The lowest BCUT2D eigenvalue weighted by Gasteiger charge is -2.02. The molecule has 1 aromatic heterocycles. The van der Waals surface area contributed by atoms with Crippen LogP contribution < -0.4 is 10.1 Å². The van der Waals surface area contributed by atoms with E-state index in [0.29, 0.717) is 5.89 Å². The number of nitrogens with zero attached hydrogens (tertiary/aromatic N) is 2. The van der Waals surface area contributed by atoms with Crippen molar-refractivity contribution in [3.05, 3.63) is 54.1 Å². The number of ether oxygens (including phenoxy) is 1. The molecule has 1 N–H and O–H groups in total. The van der Waals surface area contributed by atoms with Gasteiger partial charge in [0.15, 0.2) is 0 Å². The van der Waals surface area contributed by atoms with Gasteiger partial charge in [-0.2, -0.15) is 0 Å². The third kappa shape index (κ3) is 4.39. The molecule has 0 radical (unpaired) electrons. The van der Waals surface area contributed by atoms with E-state index in [4.69, 9.17) is 9.15 Å². The number of hydrogen-bond donors (Lipinski definition) is 1. The summed E-state index contributed by atoms with van der Waals surface area (Å²) >= 11 is 1.66. The number of thioether (sulfide) groups is 1. The van der Waals surface area contributed by atoms with Crippen LogP contribution in [0.1, 0.15) is 5.56 Å². The molecular formula is C18H17N3O3S. The number of rotatable bonds is 6. The molecule has 0 saturated carbocycles. The Morgan fingerprint density at radius 2 is 1.84 bits per heavy atom. The predicted octanol–water partition coefficient (Wildman–Crippen LogP) is 3.65. The fourth-order valence-electron chi connectivity index (χ4n) is 2.22. The van der Waals surface area contributed by atoms with Crippen LogP contribution in [-0.2, 0) is 11.2 Å². The van der Waals surface area contributed by atoms with Crippen LogP contribution in [0.5, 0.6) is 5.75 Å². The molecule has 0 spiro atoms. The standard InChI is InChI=1S/C18H17N3O3S/c1-23-14-7-5-13(6-8-14)17-20-21-18(24-17)19-16(22)11-12-3-9-15(25-2)10-4-12/h3-10H,11H2,1-2H3,(H,19,21,22). The van der Waals surface area contributed by atoms with E-state index in [1.165, 1.54) is 0 Å². The summed E-state index contributed by atoms with van der Waals surface area (Å²) in [4.78, 5) is 13.3. The first-order valence-corrected chi connectivity index (χ1v) is 8.81. The molecular weight excluding hydrogens is 338 g/mol. The maximum Gasteiger partial charge on any atom is 0.322 e. The number of aromatic nitrogens is 2. The Kier molecular flexibility index (Phi) is 5.35. The Bertz CT molecular complexity index is 845. The molecule has 1 heterocycles. The zero-order chi connectivity index (χ0) is 17.6. The number of methoxy groups -OCH3 is 1. The van der Waals surface area contributed by atoms with Gasteiger partial charge in [0.2, 0.25) is 11.8 Å². The zero-order valence-corrected chi connectivity index (χ0v) is 14.7. The van der Waals surface area contributed by atoms with Crippen molar-refractivity contribution in [2.45, 2.75) is 11.3 Å². The summed E-state index contributed by atoms with van der Waals surface area (Å²) in [5.74, 6) is 0.869. The smallest absolute Gasteiger partial charge is 0.322 e. The van der Waals surface area contributed by atoms with Crippen molar-refractivity contribution in [2.75, 3.05) is 18.7 Å². The number of carbonyl (C=O) groups is 1. The first-order chi connectivity index (χ1) is 12.2. The third-order valence-corrected chi connectivity index (χ3v) is 4.28. The van der Waals surface area contributed by atoms with Crippen LogP contribution in [0, 0.1) is 0 Å². The highest BCUT2D eigenvalue weighted by Gasteiger charge is 2.12. The number of amides is 1. The fraction of sp³-hybridized carbons (Fsp3) is 0.167. The first kappa shape index (κ1) is 17.0. The third-order valence-electron chi connectivity index (χ3n) is 3.53. The summed E-state index contributed by atoms with van der Waals surface area (Å²) < 4.78 is 10.6. The van der Waals surface area contributed by atoms with Crippen molar-refractivity contribution in [3.8, 4) is 17.2 Å². The number of benzene rings is 2. The van der Waals surface area contributed by atoms with E-state index in [1.54, 1.807) is 31.0 Å². The van der Waals surface area contributed by atoms with Gasteiger partial charge in [0.25, 0.3) is 0 Å². The lowest BCUT2D eigenvalue weighted by molar-refractivity contribution is -0.115. The molecule has 0 aliphatic rings. The SMILES string of the molecule is COc1ccc(-c2nnc(NC(=O)Cc3ccc(SC)cc3)o2)cc1. The van der Waals surface area contributed by atoms with Gasteiger partial charge in [0.1, 0.15) is 5.75 Å². The topological polar surface area (TPSA) is 77.3 Å². The lowest BCUT2D eigenvalue weighted by atomic mass is 10.1. The molecule has 6 nitrogen and oxygen atoms in total. The Morgan fingerprint density at radius 3 is 2.48 bits per heavy atom. The van der Waals surface area contributed by atoms with Crippen LogP contribution in [0.25, 0.3) is 11.5 Å². The average Bonchev–Trinajstić information content (AvgIpc) is 3.10. The maximum absolute atomic E-state index is 12.1. The maximum atomic E-state index is 12.1. The molecule has 1 amide bonds. The molecule has 0 saturated heterocycles. The van der Waals surface area contributed by atoms with E-state index < -0.39 is 0 Å². The van der Waals surface area contributed by atoms with Crippen LogP contribution >= 0.6 is 11.8 Å². The van der Waals surface area contributed by atoms with Crippen LogP contribution in [0.2, 0.25) is 0 Å². The van der Waals surface area contributed by atoms with E-state index in [1.807, 2.05) is 42.7 Å². The molecule has 3 aromatic rings. The molecule has 0 atom stereocenters. The predicted molar refractivity (Wildman–Crippen MR) is 96.8 cm³/mol. The van der Waals surface area contributed by atoms with E-state index in [-0.39, 0.29) is 18.3 Å². The second kappa shape index (κ2) is 7.85. The van der Waals surface area contributed by atoms with Crippen molar-refractivity contribution >= 4 is 23.7 Å². The molecule has 0 aliphatic heterocycles. The fourth-order valence-corrected chi connectivity index (χ4v) is 2.62. The highest BCUT2D eigenvalue weighted by molar-refractivity contribution is 7.98. The number of anilines is 1. The van der Waals surface area contributed by atoms with E-state index in [9.17, 15) is 4.79 Å². The second-order valence-electron chi connectivity index (χ2n) is 5.21. The molecule has 0 unspecified atom stereocenters. The summed E-state index contributed by atoms with van der Waals surface area (Å²) in [5.41, 5.74) is 1.67. The van der Waals surface area contributed by atoms with Crippen LogP contribution in [0.15, 0.2) is 57.8 Å². The number of nitrogens with one attached hydrogen (secondary N) is 1. The van der Waals surface area contributed by atoms with Gasteiger partial charge < -0.3 is 9.15 Å². The highest BCUT2D eigenvalue weighted by atomic mass is 32.2. The largest absolute Gasteiger partial charge is 0.497 e. The molecule has 0 fully saturated rings. The molecule has 7 heteroatoms. The van der Waals surface area contributed by atoms with E-state index in [0.717, 1.165) is 21.8 Å².